The van der Waals surface area contributed by atoms with Crippen molar-refractivity contribution >= 4 is 35.1 Å². The third kappa shape index (κ3) is 4.62. The third-order valence-corrected chi connectivity index (χ3v) is 5.88. The number of aromatic nitrogens is 3. The van der Waals surface area contributed by atoms with Gasteiger partial charge in [-0.1, -0.05) is 23.4 Å². The number of hydrogen-bond donors (Lipinski definition) is 1. The van der Waals surface area contributed by atoms with Gasteiger partial charge in [0.2, 0.25) is 5.16 Å². The molecule has 0 saturated heterocycles. The highest BCUT2D eigenvalue weighted by atomic mass is 35.5. The van der Waals surface area contributed by atoms with Crippen LogP contribution in [0.5, 0.6) is 5.75 Å². The first kappa shape index (κ1) is 18.0. The van der Waals surface area contributed by atoms with Crippen molar-refractivity contribution in [2.24, 2.45) is 0 Å². The molecule has 25 heavy (non-hydrogen) atoms. The fraction of sp³-hybridized carbons (Fsp3) is 0.176. The normalized spacial score (nSPS) is 10.8. The van der Waals surface area contributed by atoms with E-state index in [-0.39, 0.29) is 0 Å². The summed E-state index contributed by atoms with van der Waals surface area (Å²) in [5, 5.41) is 9.82. The van der Waals surface area contributed by atoms with Crippen molar-refractivity contribution in [1.82, 2.24) is 14.9 Å². The smallest absolute Gasteiger partial charge is 0.210 e. The van der Waals surface area contributed by atoms with Gasteiger partial charge in [0.05, 0.1) is 7.11 Å². The van der Waals surface area contributed by atoms with E-state index in [0.29, 0.717) is 11.0 Å². The van der Waals surface area contributed by atoms with E-state index in [1.165, 1.54) is 9.57 Å². The van der Waals surface area contributed by atoms with Gasteiger partial charge in [0.1, 0.15) is 5.75 Å². The molecule has 8 heteroatoms. The van der Waals surface area contributed by atoms with Gasteiger partial charge >= 0.3 is 0 Å². The second kappa shape index (κ2) is 8.51. The molecule has 130 valence electrons. The Labute approximate surface area is 159 Å². The number of rotatable bonds is 7. The number of halogens is 1. The Morgan fingerprint density at radius 3 is 2.36 bits per heavy atom. The van der Waals surface area contributed by atoms with E-state index in [1.54, 1.807) is 30.6 Å². The lowest BCUT2D eigenvalue weighted by atomic mass is 10.2. The van der Waals surface area contributed by atoms with E-state index in [1.807, 2.05) is 48.5 Å². The molecule has 5 nitrogen and oxygen atoms in total. The van der Waals surface area contributed by atoms with E-state index in [4.69, 9.17) is 22.2 Å². The Kier molecular flexibility index (Phi) is 6.12. The topological polar surface area (TPSA) is 66.0 Å². The summed E-state index contributed by atoms with van der Waals surface area (Å²) < 4.78 is 6.69. The van der Waals surface area contributed by atoms with E-state index in [0.717, 1.165) is 27.8 Å². The molecule has 0 amide bonds. The van der Waals surface area contributed by atoms with Gasteiger partial charge in [-0.3, -0.25) is 0 Å². The molecule has 0 aliphatic heterocycles. The summed E-state index contributed by atoms with van der Waals surface area (Å²) in [4.78, 5) is 1.19. The first-order valence-corrected chi connectivity index (χ1v) is 9.88. The minimum Gasteiger partial charge on any atom is -0.497 e. The highest BCUT2D eigenvalue weighted by Crippen LogP contribution is 2.26. The fourth-order valence-electron chi connectivity index (χ4n) is 2.14. The van der Waals surface area contributed by atoms with Crippen LogP contribution in [0.25, 0.3) is 11.4 Å². The molecule has 0 radical (unpaired) electrons. The van der Waals surface area contributed by atoms with E-state index < -0.39 is 0 Å². The Bertz CT molecular complexity index is 822. The van der Waals surface area contributed by atoms with E-state index >= 15 is 0 Å². The van der Waals surface area contributed by atoms with Crippen molar-refractivity contribution < 1.29 is 4.74 Å². The largest absolute Gasteiger partial charge is 0.497 e. The molecule has 1 aromatic heterocycles. The minimum absolute atomic E-state index is 0.635. The van der Waals surface area contributed by atoms with Crippen molar-refractivity contribution in [1.29, 1.82) is 0 Å². The van der Waals surface area contributed by atoms with E-state index in [2.05, 4.69) is 10.2 Å². The van der Waals surface area contributed by atoms with Gasteiger partial charge in [0.25, 0.3) is 0 Å². The average Bonchev–Trinajstić information content (AvgIpc) is 3.01. The molecule has 1 heterocycles. The Morgan fingerprint density at radius 1 is 1.00 bits per heavy atom. The second-order valence-electron chi connectivity index (χ2n) is 5.06. The van der Waals surface area contributed by atoms with Gasteiger partial charge in [-0.05, 0) is 48.5 Å². The number of hydrogen-bond acceptors (Lipinski definition) is 6. The molecular formula is C17H17ClN4OS2. The van der Waals surface area contributed by atoms with Crippen LogP contribution in [-0.2, 0) is 0 Å². The summed E-state index contributed by atoms with van der Waals surface area (Å²) in [5.74, 6) is 9.38. The van der Waals surface area contributed by atoms with E-state index in [9.17, 15) is 0 Å². The molecule has 0 bridgehead atoms. The lowest BCUT2D eigenvalue weighted by Gasteiger charge is -2.05. The molecule has 0 spiro atoms. The standard InChI is InChI=1S/C17H17ClN4OS2/c1-23-14-6-2-12(3-7-14)16-20-21-17(22(16)19)25-11-10-24-15-8-4-13(18)5-9-15/h2-9H,10-11,19H2,1H3. The number of thioether (sulfide) groups is 2. The second-order valence-corrected chi connectivity index (χ2v) is 7.72. The fourth-order valence-corrected chi connectivity index (χ4v) is 4.00. The van der Waals surface area contributed by atoms with Gasteiger partial charge in [-0.25, -0.2) is 4.68 Å². The van der Waals surface area contributed by atoms with Crippen LogP contribution in [0.15, 0.2) is 58.6 Å². The molecule has 0 fully saturated rings. The summed E-state index contributed by atoms with van der Waals surface area (Å²) in [7, 11) is 1.64. The quantitative estimate of drug-likeness (QED) is 0.369. The van der Waals surface area contributed by atoms with Crippen LogP contribution >= 0.6 is 35.1 Å². The molecule has 2 N–H and O–H groups in total. The Hall–Kier alpha value is -1.83. The van der Waals surface area contributed by atoms with Gasteiger partial charge < -0.3 is 10.6 Å². The van der Waals surface area contributed by atoms with Crippen molar-refractivity contribution in [3.05, 3.63) is 53.6 Å². The number of methoxy groups -OCH3 is 1. The predicted octanol–water partition coefficient (Wildman–Crippen LogP) is 4.21. The van der Waals surface area contributed by atoms with Gasteiger partial charge in [0, 0.05) is 27.0 Å². The van der Waals surface area contributed by atoms with Crippen molar-refractivity contribution in [3.8, 4) is 17.1 Å². The minimum atomic E-state index is 0.635. The number of nitrogens with two attached hydrogens (primary N) is 1. The maximum absolute atomic E-state index is 6.13. The SMILES string of the molecule is COc1ccc(-c2nnc(SCCSc3ccc(Cl)cc3)n2N)cc1. The molecule has 3 rings (SSSR count). The van der Waals surface area contributed by atoms with Crippen LogP contribution in [0, 0.1) is 0 Å². The number of nitrogen functional groups attached to an aromatic ring is 1. The number of benzene rings is 2. The zero-order valence-corrected chi connectivity index (χ0v) is 15.9. The summed E-state index contributed by atoms with van der Waals surface area (Å²) >= 11 is 9.24. The Morgan fingerprint density at radius 2 is 1.68 bits per heavy atom. The molecule has 0 saturated carbocycles. The first-order chi connectivity index (χ1) is 12.2. The van der Waals surface area contributed by atoms with Crippen LogP contribution in [0.1, 0.15) is 0 Å². The highest BCUT2D eigenvalue weighted by molar-refractivity contribution is 8.02. The molecule has 0 aliphatic carbocycles. The third-order valence-electron chi connectivity index (χ3n) is 3.41. The highest BCUT2D eigenvalue weighted by Gasteiger charge is 2.12. The summed E-state index contributed by atoms with van der Waals surface area (Å²) in [6.07, 6.45) is 0. The van der Waals surface area contributed by atoms with Crippen LogP contribution in [0.2, 0.25) is 5.02 Å². The zero-order valence-electron chi connectivity index (χ0n) is 13.6. The molecule has 0 atom stereocenters. The van der Waals surface area contributed by atoms with Crippen molar-refractivity contribution in [3.63, 3.8) is 0 Å². The van der Waals surface area contributed by atoms with Gasteiger partial charge in [0.15, 0.2) is 5.82 Å². The predicted molar refractivity (Wildman–Crippen MR) is 105 cm³/mol. The zero-order chi connectivity index (χ0) is 17.6. The molecule has 3 aromatic rings. The molecular weight excluding hydrogens is 376 g/mol. The molecule has 2 aromatic carbocycles. The van der Waals surface area contributed by atoms with Crippen LogP contribution in [0.4, 0.5) is 0 Å². The Balaban J connectivity index is 1.56. The maximum Gasteiger partial charge on any atom is 0.210 e. The van der Waals surface area contributed by atoms with Crippen LogP contribution in [0.3, 0.4) is 0 Å². The average molecular weight is 393 g/mol. The lowest BCUT2D eigenvalue weighted by Crippen LogP contribution is -2.11. The lowest BCUT2D eigenvalue weighted by molar-refractivity contribution is 0.415. The van der Waals surface area contributed by atoms with Crippen LogP contribution < -0.4 is 10.6 Å². The first-order valence-electron chi connectivity index (χ1n) is 7.53. The number of nitrogens with zero attached hydrogens (tertiary/aromatic N) is 3. The van der Waals surface area contributed by atoms with Crippen molar-refractivity contribution in [2.45, 2.75) is 10.1 Å². The van der Waals surface area contributed by atoms with Gasteiger partial charge in [-0.15, -0.1) is 22.0 Å². The summed E-state index contributed by atoms with van der Waals surface area (Å²) in [6, 6.07) is 15.4. The summed E-state index contributed by atoms with van der Waals surface area (Å²) in [6.45, 7) is 0. The number of ether oxygens (including phenoxy) is 1. The monoisotopic (exact) mass is 392 g/mol. The van der Waals surface area contributed by atoms with Gasteiger partial charge in [-0.2, -0.15) is 0 Å². The van der Waals surface area contributed by atoms with Crippen molar-refractivity contribution in [2.75, 3.05) is 24.5 Å². The molecule has 0 unspecified atom stereocenters. The maximum atomic E-state index is 6.13. The summed E-state index contributed by atoms with van der Waals surface area (Å²) in [5.41, 5.74) is 0.901. The van der Waals surface area contributed by atoms with Crippen LogP contribution in [-0.4, -0.2) is 33.5 Å². The molecule has 0 aliphatic rings.